The lowest BCUT2D eigenvalue weighted by atomic mass is 9.69. The number of aliphatic hydroxyl groups excluding tert-OH is 1. The zero-order chi connectivity index (χ0) is 24.3. The SMILES string of the molecule is CC(C)[C@@]12C[C@@H](OC(=O)CO)[C@@](C)(O1)[C@@H]1CC[C@@H](C)[C@H]1[C@@H]2OC(=O)c1ccc2ccccc2c1. The molecule has 6 heteroatoms. The fraction of sp³-hybridized carbons (Fsp3) is 0.571. The van der Waals surface area contributed by atoms with Crippen molar-refractivity contribution in [2.75, 3.05) is 6.61 Å². The van der Waals surface area contributed by atoms with Gasteiger partial charge in [0.15, 0.2) is 0 Å². The van der Waals surface area contributed by atoms with E-state index in [1.807, 2.05) is 49.4 Å². The summed E-state index contributed by atoms with van der Waals surface area (Å²) in [5.74, 6) is -0.391. The van der Waals surface area contributed by atoms with E-state index in [0.717, 1.165) is 23.6 Å². The highest BCUT2D eigenvalue weighted by atomic mass is 16.6. The second kappa shape index (κ2) is 8.35. The lowest BCUT2D eigenvalue weighted by molar-refractivity contribution is -0.259. The normalized spacial score (nSPS) is 36.5. The smallest absolute Gasteiger partial charge is 0.338 e. The number of hydrogen-bond acceptors (Lipinski definition) is 6. The lowest BCUT2D eigenvalue weighted by Crippen LogP contribution is -2.62. The Balaban J connectivity index is 1.52. The first-order chi connectivity index (χ1) is 16.2. The van der Waals surface area contributed by atoms with Crippen molar-refractivity contribution < 1.29 is 28.9 Å². The largest absolute Gasteiger partial charge is 0.457 e. The molecule has 1 saturated carbocycles. The molecular formula is C28H34O6. The Kier molecular flexibility index (Phi) is 5.72. The van der Waals surface area contributed by atoms with Crippen molar-refractivity contribution in [3.8, 4) is 0 Å². The van der Waals surface area contributed by atoms with Gasteiger partial charge in [0.1, 0.15) is 30.0 Å². The molecule has 182 valence electrons. The van der Waals surface area contributed by atoms with Crippen LogP contribution in [0, 0.1) is 23.7 Å². The quantitative estimate of drug-likeness (QED) is 0.653. The predicted octanol–water partition coefficient (Wildman–Crippen LogP) is 4.52. The molecule has 6 nitrogen and oxygen atoms in total. The third-order valence-electron chi connectivity index (χ3n) is 8.78. The number of hydrogen-bond donors (Lipinski definition) is 1. The van der Waals surface area contributed by atoms with E-state index in [0.29, 0.717) is 17.9 Å². The summed E-state index contributed by atoms with van der Waals surface area (Å²) in [4.78, 5) is 25.5. The van der Waals surface area contributed by atoms with Gasteiger partial charge in [-0.2, -0.15) is 0 Å². The summed E-state index contributed by atoms with van der Waals surface area (Å²) >= 11 is 0. The van der Waals surface area contributed by atoms with Gasteiger partial charge < -0.3 is 19.3 Å². The number of carbonyl (C=O) groups excluding carboxylic acids is 2. The first kappa shape index (κ1) is 23.3. The van der Waals surface area contributed by atoms with Crippen LogP contribution in [-0.4, -0.2) is 47.1 Å². The molecule has 2 heterocycles. The summed E-state index contributed by atoms with van der Waals surface area (Å²) in [5, 5.41) is 11.4. The van der Waals surface area contributed by atoms with Crippen molar-refractivity contribution in [2.24, 2.45) is 23.7 Å². The van der Waals surface area contributed by atoms with Gasteiger partial charge in [0, 0.05) is 12.3 Å². The third kappa shape index (κ3) is 3.45. The topological polar surface area (TPSA) is 82.1 Å². The molecule has 3 fully saturated rings. The van der Waals surface area contributed by atoms with E-state index in [4.69, 9.17) is 14.2 Å². The van der Waals surface area contributed by atoms with Crippen molar-refractivity contribution >= 4 is 22.7 Å². The predicted molar refractivity (Wildman–Crippen MR) is 127 cm³/mol. The number of ether oxygens (including phenoxy) is 3. The summed E-state index contributed by atoms with van der Waals surface area (Å²) in [6.45, 7) is 7.75. The van der Waals surface area contributed by atoms with E-state index in [2.05, 4.69) is 20.8 Å². The second-order valence-corrected chi connectivity index (χ2v) is 10.9. The van der Waals surface area contributed by atoms with Gasteiger partial charge in [-0.1, -0.05) is 51.1 Å². The van der Waals surface area contributed by atoms with Crippen molar-refractivity contribution in [3.05, 3.63) is 48.0 Å². The number of esters is 2. The molecule has 2 aromatic carbocycles. The molecule has 0 radical (unpaired) electrons. The Hall–Kier alpha value is -2.44. The number of fused-ring (bicyclic) bond motifs is 5. The van der Waals surface area contributed by atoms with E-state index < -0.39 is 36.0 Å². The highest BCUT2D eigenvalue weighted by molar-refractivity contribution is 5.95. The zero-order valence-electron chi connectivity index (χ0n) is 20.3. The van der Waals surface area contributed by atoms with Gasteiger partial charge in [-0.15, -0.1) is 0 Å². The third-order valence-corrected chi connectivity index (χ3v) is 8.78. The van der Waals surface area contributed by atoms with Crippen molar-refractivity contribution in [2.45, 2.75) is 70.4 Å². The molecule has 1 N–H and O–H groups in total. The van der Waals surface area contributed by atoms with E-state index in [-0.39, 0.29) is 23.7 Å². The molecule has 5 rings (SSSR count). The number of benzene rings is 2. The monoisotopic (exact) mass is 466 g/mol. The first-order valence-corrected chi connectivity index (χ1v) is 12.4. The highest BCUT2D eigenvalue weighted by Crippen LogP contribution is 2.63. The van der Waals surface area contributed by atoms with Crippen LogP contribution in [0.15, 0.2) is 42.5 Å². The van der Waals surface area contributed by atoms with E-state index >= 15 is 0 Å². The highest BCUT2D eigenvalue weighted by Gasteiger charge is 2.72. The molecule has 0 unspecified atom stereocenters. The van der Waals surface area contributed by atoms with Crippen LogP contribution in [-0.2, 0) is 19.0 Å². The molecule has 2 saturated heterocycles. The van der Waals surface area contributed by atoms with Crippen molar-refractivity contribution in [1.82, 2.24) is 0 Å². The van der Waals surface area contributed by atoms with Crippen LogP contribution < -0.4 is 0 Å². The van der Waals surface area contributed by atoms with Crippen LogP contribution in [0.2, 0.25) is 0 Å². The Morgan fingerprint density at radius 1 is 1.12 bits per heavy atom. The maximum atomic E-state index is 13.5. The molecule has 3 aliphatic rings. The lowest BCUT2D eigenvalue weighted by Gasteiger charge is -2.53. The standard InChI is InChI=1S/C28H34O6/c1-16(2)28-14-22(32-23(30)15-29)27(4,34-28)21-12-9-17(3)24(21)25(28)33-26(31)20-11-10-18-7-5-6-8-19(18)13-20/h5-8,10-11,13,16-17,21-22,24-25,29H,9,12,14-15H2,1-4H3/t17-,21-,22-,24-,25+,27+,28-/m1/s1. The van der Waals surface area contributed by atoms with Crippen LogP contribution in [0.4, 0.5) is 0 Å². The van der Waals surface area contributed by atoms with Gasteiger partial charge >= 0.3 is 11.9 Å². The molecular weight excluding hydrogens is 432 g/mol. The Labute approximate surface area is 200 Å². The molecule has 34 heavy (non-hydrogen) atoms. The number of aliphatic hydroxyl groups is 1. The minimum atomic E-state index is -0.762. The van der Waals surface area contributed by atoms with E-state index in [1.54, 1.807) is 0 Å². The summed E-state index contributed by atoms with van der Waals surface area (Å²) in [7, 11) is 0. The average molecular weight is 467 g/mol. The molecule has 1 aliphatic carbocycles. The number of carbonyl (C=O) groups is 2. The van der Waals surface area contributed by atoms with Gasteiger partial charge in [-0.05, 0) is 60.4 Å². The molecule has 7 atom stereocenters. The second-order valence-electron chi connectivity index (χ2n) is 10.9. The van der Waals surface area contributed by atoms with Gasteiger partial charge in [0.05, 0.1) is 5.56 Å². The Morgan fingerprint density at radius 2 is 1.85 bits per heavy atom. The van der Waals surface area contributed by atoms with Gasteiger partial charge in [-0.25, -0.2) is 9.59 Å². The maximum Gasteiger partial charge on any atom is 0.338 e. The summed E-state index contributed by atoms with van der Waals surface area (Å²) in [6.07, 6.45) is 1.44. The van der Waals surface area contributed by atoms with Crippen LogP contribution in [0.1, 0.15) is 57.3 Å². The van der Waals surface area contributed by atoms with Crippen LogP contribution in [0.5, 0.6) is 0 Å². The van der Waals surface area contributed by atoms with Crippen LogP contribution in [0.25, 0.3) is 10.8 Å². The van der Waals surface area contributed by atoms with E-state index in [9.17, 15) is 14.7 Å². The van der Waals surface area contributed by atoms with Gasteiger partial charge in [-0.3, -0.25) is 0 Å². The fourth-order valence-electron chi connectivity index (χ4n) is 6.94. The van der Waals surface area contributed by atoms with E-state index in [1.165, 1.54) is 0 Å². The average Bonchev–Trinajstić information content (AvgIpc) is 3.34. The first-order valence-electron chi connectivity index (χ1n) is 12.4. The molecule has 0 amide bonds. The minimum absolute atomic E-state index is 0.0350. The van der Waals surface area contributed by atoms with Gasteiger partial charge in [0.25, 0.3) is 0 Å². The molecule has 0 spiro atoms. The molecule has 2 aliphatic heterocycles. The summed E-state index contributed by atoms with van der Waals surface area (Å²) in [5.41, 5.74) is -0.910. The fourth-order valence-corrected chi connectivity index (χ4v) is 6.94. The zero-order valence-corrected chi connectivity index (χ0v) is 20.3. The summed E-state index contributed by atoms with van der Waals surface area (Å²) < 4.78 is 18.9. The van der Waals surface area contributed by atoms with Gasteiger partial charge in [0.2, 0.25) is 0 Å². The van der Waals surface area contributed by atoms with Crippen molar-refractivity contribution in [3.63, 3.8) is 0 Å². The molecule has 2 aromatic rings. The summed E-state index contributed by atoms with van der Waals surface area (Å²) in [6, 6.07) is 13.6. The van der Waals surface area contributed by atoms with Crippen LogP contribution in [0.3, 0.4) is 0 Å². The Morgan fingerprint density at radius 3 is 2.56 bits per heavy atom. The van der Waals surface area contributed by atoms with Crippen LogP contribution >= 0.6 is 0 Å². The molecule has 2 bridgehead atoms. The number of rotatable bonds is 5. The Bertz CT molecular complexity index is 1110. The maximum absolute atomic E-state index is 13.5. The molecule has 0 aromatic heterocycles. The minimum Gasteiger partial charge on any atom is -0.457 e. The van der Waals surface area contributed by atoms with Crippen molar-refractivity contribution in [1.29, 1.82) is 0 Å².